The Labute approximate surface area is 104 Å². The molecule has 3 N–H and O–H groups in total. The SMILES string of the molecule is NC(=O)C1CNCCN1c1cccc2nccn12. The summed E-state index contributed by atoms with van der Waals surface area (Å²) in [5.41, 5.74) is 6.34. The highest BCUT2D eigenvalue weighted by molar-refractivity contribution is 5.84. The van der Waals surface area contributed by atoms with Crippen molar-refractivity contribution in [3.05, 3.63) is 30.6 Å². The number of pyridine rings is 1. The maximum Gasteiger partial charge on any atom is 0.241 e. The first-order valence-electron chi connectivity index (χ1n) is 5.96. The molecule has 0 radical (unpaired) electrons. The number of nitrogens with zero attached hydrogens (tertiary/aromatic N) is 3. The van der Waals surface area contributed by atoms with Crippen LogP contribution in [0.4, 0.5) is 5.82 Å². The first kappa shape index (κ1) is 11.0. The Kier molecular flexibility index (Phi) is 2.64. The van der Waals surface area contributed by atoms with Gasteiger partial charge in [-0.2, -0.15) is 0 Å². The summed E-state index contributed by atoms with van der Waals surface area (Å²) in [7, 11) is 0. The Balaban J connectivity index is 2.06. The standard InChI is InChI=1S/C12H15N5O/c13-12(18)9-8-14-4-6-16(9)11-3-1-2-10-15-5-7-17(10)11/h1-3,5,7,9,14H,4,6,8H2,(H2,13,18). The molecule has 1 aliphatic rings. The van der Waals surface area contributed by atoms with Crippen LogP contribution in [-0.4, -0.2) is 41.0 Å². The molecule has 3 rings (SSSR count). The van der Waals surface area contributed by atoms with Crippen LogP contribution in [0, 0.1) is 0 Å². The molecular weight excluding hydrogens is 230 g/mol. The molecule has 6 nitrogen and oxygen atoms in total. The fourth-order valence-electron chi connectivity index (χ4n) is 2.40. The molecule has 1 saturated heterocycles. The number of carbonyl (C=O) groups excluding carboxylic acids is 1. The van der Waals surface area contributed by atoms with Gasteiger partial charge < -0.3 is 16.0 Å². The van der Waals surface area contributed by atoms with Gasteiger partial charge in [0, 0.05) is 32.0 Å². The first-order valence-corrected chi connectivity index (χ1v) is 5.96. The van der Waals surface area contributed by atoms with Gasteiger partial charge >= 0.3 is 0 Å². The highest BCUT2D eigenvalue weighted by atomic mass is 16.1. The minimum absolute atomic E-state index is 0.306. The number of nitrogens with one attached hydrogen (secondary N) is 1. The van der Waals surface area contributed by atoms with E-state index in [2.05, 4.69) is 10.3 Å². The average Bonchev–Trinajstić information content (AvgIpc) is 2.86. The Hall–Kier alpha value is -2.08. The van der Waals surface area contributed by atoms with Gasteiger partial charge in [0.1, 0.15) is 17.5 Å². The summed E-state index contributed by atoms with van der Waals surface area (Å²) >= 11 is 0. The van der Waals surface area contributed by atoms with E-state index in [-0.39, 0.29) is 11.9 Å². The zero-order chi connectivity index (χ0) is 12.5. The number of amides is 1. The van der Waals surface area contributed by atoms with Gasteiger partial charge in [-0.15, -0.1) is 0 Å². The van der Waals surface area contributed by atoms with E-state index in [1.54, 1.807) is 6.20 Å². The van der Waals surface area contributed by atoms with Crippen LogP contribution in [0.1, 0.15) is 0 Å². The van der Waals surface area contributed by atoms with Crippen molar-refractivity contribution in [2.75, 3.05) is 24.5 Å². The third-order valence-electron chi connectivity index (χ3n) is 3.27. The van der Waals surface area contributed by atoms with Crippen molar-refractivity contribution in [3.63, 3.8) is 0 Å². The molecule has 0 saturated carbocycles. The van der Waals surface area contributed by atoms with Gasteiger partial charge in [0.05, 0.1) is 0 Å². The van der Waals surface area contributed by atoms with Gasteiger partial charge in [0.15, 0.2) is 0 Å². The number of imidazole rings is 1. The van der Waals surface area contributed by atoms with Crippen LogP contribution < -0.4 is 16.0 Å². The van der Waals surface area contributed by atoms with Crippen LogP contribution in [0.15, 0.2) is 30.6 Å². The van der Waals surface area contributed by atoms with Crippen molar-refractivity contribution >= 4 is 17.4 Å². The summed E-state index contributed by atoms with van der Waals surface area (Å²) in [6.45, 7) is 2.18. The number of rotatable bonds is 2. The van der Waals surface area contributed by atoms with E-state index in [1.165, 1.54) is 0 Å². The fourth-order valence-corrected chi connectivity index (χ4v) is 2.40. The number of piperazine rings is 1. The number of fused-ring (bicyclic) bond motifs is 1. The normalized spacial score (nSPS) is 20.2. The van der Waals surface area contributed by atoms with Crippen LogP contribution in [0.25, 0.3) is 5.65 Å². The number of primary amides is 1. The molecule has 1 fully saturated rings. The van der Waals surface area contributed by atoms with Crippen LogP contribution in [0.5, 0.6) is 0 Å². The van der Waals surface area contributed by atoms with E-state index < -0.39 is 0 Å². The van der Waals surface area contributed by atoms with Crippen LogP contribution >= 0.6 is 0 Å². The van der Waals surface area contributed by atoms with Crippen molar-refractivity contribution in [1.29, 1.82) is 0 Å². The lowest BCUT2D eigenvalue weighted by atomic mass is 10.2. The average molecular weight is 245 g/mol. The summed E-state index contributed by atoms with van der Waals surface area (Å²) in [6.07, 6.45) is 3.64. The monoisotopic (exact) mass is 245 g/mol. The van der Waals surface area contributed by atoms with Crippen LogP contribution in [0.3, 0.4) is 0 Å². The van der Waals surface area contributed by atoms with E-state index in [1.807, 2.05) is 33.7 Å². The second-order valence-corrected chi connectivity index (χ2v) is 4.36. The predicted octanol–water partition coefficient (Wildman–Crippen LogP) is -0.402. The van der Waals surface area contributed by atoms with Gasteiger partial charge in [-0.25, -0.2) is 4.98 Å². The molecule has 3 heterocycles. The summed E-state index contributed by atoms with van der Waals surface area (Å²) in [5, 5.41) is 3.19. The maximum absolute atomic E-state index is 11.5. The molecule has 1 aliphatic heterocycles. The smallest absolute Gasteiger partial charge is 0.241 e. The predicted molar refractivity (Wildman–Crippen MR) is 68.4 cm³/mol. The van der Waals surface area contributed by atoms with Crippen molar-refractivity contribution < 1.29 is 4.79 Å². The third kappa shape index (κ3) is 1.70. The van der Waals surface area contributed by atoms with Crippen molar-refractivity contribution in [3.8, 4) is 0 Å². The minimum atomic E-state index is -0.313. The van der Waals surface area contributed by atoms with E-state index in [4.69, 9.17) is 5.73 Å². The molecule has 2 aromatic heterocycles. The molecule has 0 bridgehead atoms. The zero-order valence-electron chi connectivity index (χ0n) is 9.91. The van der Waals surface area contributed by atoms with Gasteiger partial charge in [-0.3, -0.25) is 9.20 Å². The molecule has 1 atom stereocenters. The second kappa shape index (κ2) is 4.30. The molecule has 0 spiro atoms. The highest BCUT2D eigenvalue weighted by Crippen LogP contribution is 2.19. The molecule has 1 unspecified atom stereocenters. The molecular formula is C12H15N5O. The second-order valence-electron chi connectivity index (χ2n) is 4.36. The van der Waals surface area contributed by atoms with E-state index in [0.717, 1.165) is 24.6 Å². The molecule has 2 aromatic rings. The lowest BCUT2D eigenvalue weighted by molar-refractivity contribution is -0.119. The number of hydrogen-bond donors (Lipinski definition) is 2. The van der Waals surface area contributed by atoms with Crippen molar-refractivity contribution in [2.45, 2.75) is 6.04 Å². The fraction of sp³-hybridized carbons (Fsp3) is 0.333. The van der Waals surface area contributed by atoms with E-state index >= 15 is 0 Å². The van der Waals surface area contributed by atoms with Gasteiger partial charge in [0.25, 0.3) is 0 Å². The Bertz CT molecular complexity index is 579. The number of hydrogen-bond acceptors (Lipinski definition) is 4. The van der Waals surface area contributed by atoms with Crippen molar-refractivity contribution in [1.82, 2.24) is 14.7 Å². The lowest BCUT2D eigenvalue weighted by Crippen LogP contribution is -2.57. The summed E-state index contributed by atoms with van der Waals surface area (Å²) < 4.78 is 1.97. The molecule has 94 valence electrons. The van der Waals surface area contributed by atoms with Gasteiger partial charge in [0.2, 0.25) is 5.91 Å². The molecule has 18 heavy (non-hydrogen) atoms. The number of nitrogens with two attached hydrogens (primary N) is 1. The van der Waals surface area contributed by atoms with Crippen LogP contribution in [0.2, 0.25) is 0 Å². The molecule has 6 heteroatoms. The minimum Gasteiger partial charge on any atom is -0.368 e. The summed E-state index contributed by atoms with van der Waals surface area (Å²) in [6, 6.07) is 5.55. The number of aromatic nitrogens is 2. The largest absolute Gasteiger partial charge is 0.368 e. The van der Waals surface area contributed by atoms with Gasteiger partial charge in [-0.1, -0.05) is 6.07 Å². The topological polar surface area (TPSA) is 75.7 Å². The van der Waals surface area contributed by atoms with E-state index in [0.29, 0.717) is 6.54 Å². The highest BCUT2D eigenvalue weighted by Gasteiger charge is 2.28. The third-order valence-corrected chi connectivity index (χ3v) is 3.27. The molecule has 0 aromatic carbocycles. The first-order chi connectivity index (χ1) is 8.77. The summed E-state index contributed by atoms with van der Waals surface area (Å²) in [4.78, 5) is 17.8. The van der Waals surface area contributed by atoms with Crippen molar-refractivity contribution in [2.24, 2.45) is 5.73 Å². The lowest BCUT2D eigenvalue weighted by Gasteiger charge is -2.36. The van der Waals surface area contributed by atoms with Crippen LogP contribution in [-0.2, 0) is 4.79 Å². The molecule has 0 aliphatic carbocycles. The van der Waals surface area contributed by atoms with Gasteiger partial charge in [-0.05, 0) is 12.1 Å². The Morgan fingerprint density at radius 2 is 2.39 bits per heavy atom. The maximum atomic E-state index is 11.5. The quantitative estimate of drug-likeness (QED) is 0.754. The zero-order valence-corrected chi connectivity index (χ0v) is 9.91. The Morgan fingerprint density at radius 1 is 1.50 bits per heavy atom. The number of anilines is 1. The number of carbonyl (C=O) groups is 1. The summed E-state index contributed by atoms with van der Waals surface area (Å²) in [5.74, 6) is 0.648. The van der Waals surface area contributed by atoms with E-state index in [9.17, 15) is 4.79 Å². The molecule has 1 amide bonds. The Morgan fingerprint density at radius 3 is 3.22 bits per heavy atom.